The second-order valence-electron chi connectivity index (χ2n) is 3.33. The smallest absolute Gasteiger partial charge is 0.269 e. The Bertz CT molecular complexity index is 598. The van der Waals surface area contributed by atoms with Gasteiger partial charge in [0.05, 0.1) is 9.83 Å². The molecule has 1 saturated heterocycles. The van der Waals surface area contributed by atoms with Gasteiger partial charge in [0.25, 0.3) is 11.6 Å². The van der Waals surface area contributed by atoms with Crippen molar-refractivity contribution in [3.05, 3.63) is 38.8 Å². The molecule has 0 aliphatic carbocycles. The first kappa shape index (κ1) is 12.5. The predicted molar refractivity (Wildman–Crippen MR) is 68.9 cm³/mol. The van der Waals surface area contributed by atoms with Crippen LogP contribution in [0.1, 0.15) is 5.56 Å². The van der Waals surface area contributed by atoms with Gasteiger partial charge in [0, 0.05) is 12.1 Å². The van der Waals surface area contributed by atoms with Gasteiger partial charge in [-0.3, -0.25) is 14.9 Å². The third-order valence-corrected chi connectivity index (χ3v) is 3.30. The van der Waals surface area contributed by atoms with Crippen LogP contribution in [0.25, 0.3) is 6.08 Å². The quantitative estimate of drug-likeness (QED) is 0.378. The van der Waals surface area contributed by atoms with Crippen molar-refractivity contribution in [1.82, 2.24) is 5.32 Å². The first-order valence-corrected chi connectivity index (χ1v) is 5.90. The van der Waals surface area contributed by atoms with Gasteiger partial charge in [-0.25, -0.2) is 0 Å². The number of amides is 1. The molecule has 0 spiro atoms. The molecule has 2 rings (SSSR count). The van der Waals surface area contributed by atoms with E-state index < -0.39 is 10.8 Å². The average molecular weight is 281 g/mol. The van der Waals surface area contributed by atoms with E-state index in [2.05, 4.69) is 5.32 Å². The summed E-state index contributed by atoms with van der Waals surface area (Å²) >= 11 is 5.81. The molecular formula is C10H5N2O4S2-. The molecule has 1 aliphatic heterocycles. The molecule has 1 aromatic carbocycles. The highest BCUT2D eigenvalue weighted by Gasteiger charge is 2.22. The van der Waals surface area contributed by atoms with Crippen molar-refractivity contribution in [2.24, 2.45) is 0 Å². The number of nitrogens with one attached hydrogen (secondary N) is 1. The molecule has 0 unspecified atom stereocenters. The Kier molecular flexibility index (Phi) is 3.30. The molecule has 0 saturated carbocycles. The van der Waals surface area contributed by atoms with Crippen LogP contribution in [-0.2, 0) is 4.79 Å². The third-order valence-electron chi connectivity index (χ3n) is 2.13. The molecule has 0 atom stereocenters. The monoisotopic (exact) mass is 281 g/mol. The van der Waals surface area contributed by atoms with Gasteiger partial charge >= 0.3 is 0 Å². The normalized spacial score (nSPS) is 17.0. The van der Waals surface area contributed by atoms with E-state index in [1.54, 1.807) is 0 Å². The zero-order valence-corrected chi connectivity index (χ0v) is 10.3. The van der Waals surface area contributed by atoms with Crippen molar-refractivity contribution in [3.63, 3.8) is 0 Å². The largest absolute Gasteiger partial charge is 0.872 e. The van der Waals surface area contributed by atoms with Gasteiger partial charge < -0.3 is 10.4 Å². The summed E-state index contributed by atoms with van der Waals surface area (Å²) in [5.41, 5.74) is -0.112. The molecule has 6 nitrogen and oxygen atoms in total. The van der Waals surface area contributed by atoms with Crippen LogP contribution in [0, 0.1) is 10.1 Å². The third kappa shape index (κ3) is 2.49. The van der Waals surface area contributed by atoms with Crippen LogP contribution in [0.3, 0.4) is 0 Å². The lowest BCUT2D eigenvalue weighted by Gasteiger charge is -2.09. The predicted octanol–water partition coefficient (Wildman–Crippen LogP) is 1.16. The van der Waals surface area contributed by atoms with E-state index in [1.165, 1.54) is 6.08 Å². The van der Waals surface area contributed by atoms with Crippen LogP contribution in [0.5, 0.6) is 5.75 Å². The maximum Gasteiger partial charge on any atom is 0.269 e. The van der Waals surface area contributed by atoms with E-state index in [-0.39, 0.29) is 21.9 Å². The maximum atomic E-state index is 11.5. The number of hydrogen-bond donors (Lipinski definition) is 1. The van der Waals surface area contributed by atoms with Gasteiger partial charge in [-0.05, 0) is 11.6 Å². The number of benzene rings is 1. The molecule has 1 amide bonds. The second-order valence-corrected chi connectivity index (χ2v) is 5.05. The van der Waals surface area contributed by atoms with Crippen molar-refractivity contribution in [3.8, 4) is 5.75 Å². The summed E-state index contributed by atoms with van der Waals surface area (Å²) in [6, 6.07) is 3.35. The molecule has 92 valence electrons. The SMILES string of the molecule is O=C1NC(=S)S/C1=C/c1cc([N+](=O)[O-])ccc1[O-]. The van der Waals surface area contributed by atoms with Crippen LogP contribution >= 0.6 is 24.0 Å². The van der Waals surface area contributed by atoms with Gasteiger partial charge in [-0.1, -0.05) is 30.0 Å². The van der Waals surface area contributed by atoms with Crippen LogP contribution in [0.15, 0.2) is 23.1 Å². The number of thiocarbonyl (C=S) groups is 1. The molecule has 1 heterocycles. The first-order chi connectivity index (χ1) is 8.47. The van der Waals surface area contributed by atoms with Crippen molar-refractivity contribution >= 4 is 46.0 Å². The van der Waals surface area contributed by atoms with Crippen molar-refractivity contribution in [2.45, 2.75) is 0 Å². The molecule has 1 N–H and O–H groups in total. The molecule has 0 radical (unpaired) electrons. The summed E-state index contributed by atoms with van der Waals surface area (Å²) in [5, 5.41) is 24.5. The summed E-state index contributed by atoms with van der Waals surface area (Å²) in [7, 11) is 0. The Morgan fingerprint density at radius 1 is 1.44 bits per heavy atom. The number of hydrogen-bond acceptors (Lipinski definition) is 6. The molecule has 8 heteroatoms. The minimum absolute atomic E-state index is 0.0894. The molecule has 18 heavy (non-hydrogen) atoms. The van der Waals surface area contributed by atoms with Crippen LogP contribution in [0.2, 0.25) is 0 Å². The second kappa shape index (κ2) is 4.75. The van der Waals surface area contributed by atoms with Gasteiger partial charge in [-0.2, -0.15) is 0 Å². The molecule has 1 fully saturated rings. The number of nitro benzene ring substituents is 1. The van der Waals surface area contributed by atoms with E-state index in [1.807, 2.05) is 0 Å². The molecule has 0 bridgehead atoms. The van der Waals surface area contributed by atoms with E-state index in [4.69, 9.17) is 12.2 Å². The topological polar surface area (TPSA) is 95.3 Å². The first-order valence-electron chi connectivity index (χ1n) is 4.67. The van der Waals surface area contributed by atoms with E-state index in [0.717, 1.165) is 30.0 Å². The lowest BCUT2D eigenvalue weighted by atomic mass is 10.1. The van der Waals surface area contributed by atoms with Gasteiger partial charge in [0.15, 0.2) is 0 Å². The number of nitro groups is 1. The van der Waals surface area contributed by atoms with E-state index in [9.17, 15) is 20.0 Å². The van der Waals surface area contributed by atoms with Crippen molar-refractivity contribution < 1.29 is 14.8 Å². The molecule has 1 aliphatic rings. The number of non-ortho nitro benzene ring substituents is 1. The highest BCUT2D eigenvalue weighted by Crippen LogP contribution is 2.29. The lowest BCUT2D eigenvalue weighted by molar-refractivity contribution is -0.385. The summed E-state index contributed by atoms with van der Waals surface area (Å²) in [5.74, 6) is -0.796. The van der Waals surface area contributed by atoms with Crippen molar-refractivity contribution in [2.75, 3.05) is 0 Å². The van der Waals surface area contributed by atoms with Gasteiger partial charge in [0.1, 0.15) is 4.32 Å². The molecule has 1 aromatic rings. The Morgan fingerprint density at radius 3 is 2.72 bits per heavy atom. The summed E-state index contributed by atoms with van der Waals surface area (Å²) in [4.78, 5) is 21.6. The Hall–Kier alpha value is -1.93. The standard InChI is InChI=1S/C10H6N2O4S2/c13-7-2-1-6(12(15)16)3-5(7)4-8-9(14)11-10(17)18-8/h1-4,13H,(H,11,14,17)/p-1/b8-4+. The van der Waals surface area contributed by atoms with Gasteiger partial charge in [-0.15, -0.1) is 5.75 Å². The fourth-order valence-electron chi connectivity index (χ4n) is 1.32. The molecule has 0 aromatic heterocycles. The number of carbonyl (C=O) groups is 1. The number of thioether (sulfide) groups is 1. The maximum absolute atomic E-state index is 11.5. The zero-order valence-electron chi connectivity index (χ0n) is 8.71. The highest BCUT2D eigenvalue weighted by atomic mass is 32.2. The number of carbonyl (C=O) groups excluding carboxylic acids is 1. The van der Waals surface area contributed by atoms with Gasteiger partial charge in [0.2, 0.25) is 0 Å². The minimum Gasteiger partial charge on any atom is -0.872 e. The highest BCUT2D eigenvalue weighted by molar-refractivity contribution is 8.26. The zero-order chi connectivity index (χ0) is 13.3. The summed E-state index contributed by atoms with van der Waals surface area (Å²) in [6.07, 6.45) is 1.30. The van der Waals surface area contributed by atoms with E-state index in [0.29, 0.717) is 4.32 Å². The van der Waals surface area contributed by atoms with Crippen LogP contribution in [-0.4, -0.2) is 15.2 Å². The Labute approximate surface area is 111 Å². The molecular weight excluding hydrogens is 276 g/mol. The fourth-order valence-corrected chi connectivity index (χ4v) is 2.36. The number of rotatable bonds is 2. The summed E-state index contributed by atoms with van der Waals surface area (Å²) in [6.45, 7) is 0. The average Bonchev–Trinajstić information content (AvgIpc) is 2.60. The van der Waals surface area contributed by atoms with E-state index >= 15 is 0 Å². The lowest BCUT2D eigenvalue weighted by Crippen LogP contribution is -2.17. The van der Waals surface area contributed by atoms with Crippen LogP contribution in [0.4, 0.5) is 5.69 Å². The number of nitrogens with zero attached hydrogens (tertiary/aromatic N) is 1. The van der Waals surface area contributed by atoms with Crippen LogP contribution < -0.4 is 10.4 Å². The Balaban J connectivity index is 2.42. The fraction of sp³-hybridized carbons (Fsp3) is 0. The van der Waals surface area contributed by atoms with Crippen molar-refractivity contribution in [1.29, 1.82) is 0 Å². The Morgan fingerprint density at radius 2 is 2.17 bits per heavy atom. The summed E-state index contributed by atoms with van der Waals surface area (Å²) < 4.78 is 0.295. The minimum atomic E-state index is -0.603.